The zero-order valence-electron chi connectivity index (χ0n) is 13.6. The van der Waals surface area contributed by atoms with E-state index in [9.17, 15) is 4.79 Å². The highest BCUT2D eigenvalue weighted by atomic mass is 16.5. The Balaban J connectivity index is 1.72. The van der Waals surface area contributed by atoms with Crippen LogP contribution in [0.1, 0.15) is 40.8 Å². The maximum absolute atomic E-state index is 12.6. The first kappa shape index (κ1) is 15.7. The van der Waals surface area contributed by atoms with E-state index in [-0.39, 0.29) is 11.8 Å². The van der Waals surface area contributed by atoms with Gasteiger partial charge in [-0.15, -0.1) is 0 Å². The van der Waals surface area contributed by atoms with Crippen molar-refractivity contribution in [1.29, 1.82) is 0 Å². The Morgan fingerprint density at radius 3 is 3.09 bits per heavy atom. The summed E-state index contributed by atoms with van der Waals surface area (Å²) >= 11 is 0. The normalized spacial score (nSPS) is 18.3. The second-order valence-electron chi connectivity index (χ2n) is 5.82. The lowest BCUT2D eigenvalue weighted by atomic mass is 9.96. The van der Waals surface area contributed by atoms with Crippen LogP contribution in [0.5, 0.6) is 0 Å². The third kappa shape index (κ3) is 3.29. The summed E-state index contributed by atoms with van der Waals surface area (Å²) in [5, 5.41) is 0. The number of hydrogen-bond donors (Lipinski definition) is 0. The van der Waals surface area contributed by atoms with Crippen LogP contribution < -0.4 is 0 Å². The van der Waals surface area contributed by atoms with Crippen molar-refractivity contribution in [1.82, 2.24) is 19.4 Å². The molecule has 3 rings (SSSR count). The Morgan fingerprint density at radius 1 is 1.48 bits per heavy atom. The van der Waals surface area contributed by atoms with Crippen molar-refractivity contribution in [3.05, 3.63) is 36.1 Å². The number of hydrogen-bond acceptors (Lipinski definition) is 5. The third-order valence-corrected chi connectivity index (χ3v) is 4.31. The van der Waals surface area contributed by atoms with Gasteiger partial charge in [0.15, 0.2) is 12.1 Å². The van der Waals surface area contributed by atoms with E-state index >= 15 is 0 Å². The SMILES string of the molecule is COCCn1ccnc1[C@H]1CCCN(C(=O)c2ncoc2C)C1. The number of amides is 1. The molecular formula is C16H22N4O3. The Kier molecular flexibility index (Phi) is 4.76. The van der Waals surface area contributed by atoms with Gasteiger partial charge in [-0.1, -0.05) is 0 Å². The summed E-state index contributed by atoms with van der Waals surface area (Å²) < 4.78 is 12.4. The number of carbonyl (C=O) groups is 1. The van der Waals surface area contributed by atoms with E-state index in [1.807, 2.05) is 17.3 Å². The summed E-state index contributed by atoms with van der Waals surface area (Å²) in [6.45, 7) is 4.60. The molecule has 2 aromatic heterocycles. The molecule has 0 N–H and O–H groups in total. The van der Waals surface area contributed by atoms with Crippen molar-refractivity contribution in [3.63, 3.8) is 0 Å². The minimum Gasteiger partial charge on any atom is -0.448 e. The van der Waals surface area contributed by atoms with Crippen molar-refractivity contribution < 1.29 is 13.9 Å². The number of oxazole rings is 1. The van der Waals surface area contributed by atoms with Gasteiger partial charge in [0.25, 0.3) is 5.91 Å². The molecular weight excluding hydrogens is 296 g/mol. The molecule has 0 unspecified atom stereocenters. The van der Waals surface area contributed by atoms with E-state index in [1.54, 1.807) is 14.0 Å². The van der Waals surface area contributed by atoms with E-state index in [1.165, 1.54) is 6.39 Å². The summed E-state index contributed by atoms with van der Waals surface area (Å²) in [5.74, 6) is 1.78. The van der Waals surface area contributed by atoms with Gasteiger partial charge in [0.2, 0.25) is 0 Å². The van der Waals surface area contributed by atoms with E-state index in [2.05, 4.69) is 14.5 Å². The first-order chi connectivity index (χ1) is 11.2. The van der Waals surface area contributed by atoms with Crippen LogP contribution >= 0.6 is 0 Å². The molecule has 0 aliphatic carbocycles. The van der Waals surface area contributed by atoms with Crippen molar-refractivity contribution in [2.75, 3.05) is 26.8 Å². The monoisotopic (exact) mass is 318 g/mol. The first-order valence-electron chi connectivity index (χ1n) is 7.90. The average Bonchev–Trinajstić information content (AvgIpc) is 3.21. The molecule has 3 heterocycles. The highest BCUT2D eigenvalue weighted by Crippen LogP contribution is 2.27. The quantitative estimate of drug-likeness (QED) is 0.841. The van der Waals surface area contributed by atoms with Gasteiger partial charge in [0.1, 0.15) is 11.6 Å². The van der Waals surface area contributed by atoms with Gasteiger partial charge >= 0.3 is 0 Å². The molecule has 0 spiro atoms. The zero-order chi connectivity index (χ0) is 16.2. The minimum absolute atomic E-state index is 0.0593. The number of likely N-dealkylation sites (tertiary alicyclic amines) is 1. The summed E-state index contributed by atoms with van der Waals surface area (Å²) in [6.07, 6.45) is 7.10. The molecule has 1 saturated heterocycles. The number of rotatable bonds is 5. The number of imidazole rings is 1. The van der Waals surface area contributed by atoms with Crippen LogP contribution in [-0.4, -0.2) is 52.1 Å². The smallest absolute Gasteiger partial charge is 0.276 e. The van der Waals surface area contributed by atoms with E-state index in [4.69, 9.17) is 9.15 Å². The van der Waals surface area contributed by atoms with Gasteiger partial charge in [-0.3, -0.25) is 4.79 Å². The topological polar surface area (TPSA) is 73.4 Å². The molecule has 124 valence electrons. The summed E-state index contributed by atoms with van der Waals surface area (Å²) in [5.41, 5.74) is 0.411. The first-order valence-corrected chi connectivity index (χ1v) is 7.90. The Labute approximate surface area is 135 Å². The number of piperidine rings is 1. The van der Waals surface area contributed by atoms with E-state index < -0.39 is 0 Å². The molecule has 1 atom stereocenters. The maximum atomic E-state index is 12.6. The molecule has 0 aromatic carbocycles. The highest BCUT2D eigenvalue weighted by Gasteiger charge is 2.29. The molecule has 1 fully saturated rings. The zero-order valence-corrected chi connectivity index (χ0v) is 13.6. The van der Waals surface area contributed by atoms with Crippen LogP contribution in [0.15, 0.2) is 23.2 Å². The van der Waals surface area contributed by atoms with E-state index in [0.717, 1.165) is 31.8 Å². The molecule has 23 heavy (non-hydrogen) atoms. The highest BCUT2D eigenvalue weighted by molar-refractivity contribution is 5.93. The molecule has 0 saturated carbocycles. The molecule has 7 nitrogen and oxygen atoms in total. The van der Waals surface area contributed by atoms with Crippen molar-refractivity contribution in [3.8, 4) is 0 Å². The summed E-state index contributed by atoms with van der Waals surface area (Å²) in [4.78, 5) is 23.0. The number of aromatic nitrogens is 3. The number of carbonyl (C=O) groups excluding carboxylic acids is 1. The van der Waals surface area contributed by atoms with Crippen LogP contribution in [0.4, 0.5) is 0 Å². The number of aryl methyl sites for hydroxylation is 1. The third-order valence-electron chi connectivity index (χ3n) is 4.31. The Bertz CT molecular complexity index is 664. The molecule has 2 aromatic rings. The fourth-order valence-corrected chi connectivity index (χ4v) is 3.09. The van der Waals surface area contributed by atoms with Crippen molar-refractivity contribution in [2.24, 2.45) is 0 Å². The van der Waals surface area contributed by atoms with Crippen LogP contribution in [0, 0.1) is 6.92 Å². The van der Waals surface area contributed by atoms with Gasteiger partial charge in [-0.25, -0.2) is 9.97 Å². The summed E-state index contributed by atoms with van der Waals surface area (Å²) in [6, 6.07) is 0. The molecule has 0 radical (unpaired) electrons. The van der Waals surface area contributed by atoms with Crippen molar-refractivity contribution >= 4 is 5.91 Å². The van der Waals surface area contributed by atoms with Gasteiger partial charge in [-0.2, -0.15) is 0 Å². The van der Waals surface area contributed by atoms with Crippen LogP contribution in [0.2, 0.25) is 0 Å². The fourth-order valence-electron chi connectivity index (χ4n) is 3.09. The minimum atomic E-state index is -0.0593. The Morgan fingerprint density at radius 2 is 2.35 bits per heavy atom. The molecule has 1 aliphatic rings. The number of ether oxygens (including phenoxy) is 1. The van der Waals surface area contributed by atoms with Crippen molar-refractivity contribution in [2.45, 2.75) is 32.2 Å². The molecule has 1 amide bonds. The lowest BCUT2D eigenvalue weighted by Crippen LogP contribution is -2.40. The van der Waals surface area contributed by atoms with Gasteiger partial charge < -0.3 is 18.6 Å². The number of methoxy groups -OCH3 is 1. The number of nitrogens with zero attached hydrogens (tertiary/aromatic N) is 4. The largest absolute Gasteiger partial charge is 0.448 e. The van der Waals surface area contributed by atoms with Crippen LogP contribution in [0.3, 0.4) is 0 Å². The van der Waals surface area contributed by atoms with Gasteiger partial charge in [-0.05, 0) is 19.8 Å². The predicted octanol–water partition coefficient (Wildman–Crippen LogP) is 1.85. The fraction of sp³-hybridized carbons (Fsp3) is 0.562. The average molecular weight is 318 g/mol. The molecule has 7 heteroatoms. The lowest BCUT2D eigenvalue weighted by molar-refractivity contribution is 0.0695. The van der Waals surface area contributed by atoms with Gasteiger partial charge in [0.05, 0.1) is 6.61 Å². The second-order valence-corrected chi connectivity index (χ2v) is 5.82. The lowest BCUT2D eigenvalue weighted by Gasteiger charge is -2.32. The van der Waals surface area contributed by atoms with E-state index in [0.29, 0.717) is 24.6 Å². The van der Waals surface area contributed by atoms with Crippen LogP contribution in [-0.2, 0) is 11.3 Å². The predicted molar refractivity (Wildman–Crippen MR) is 83.2 cm³/mol. The molecule has 1 aliphatic heterocycles. The maximum Gasteiger partial charge on any atom is 0.276 e. The van der Waals surface area contributed by atoms with Gasteiger partial charge in [0, 0.05) is 45.1 Å². The van der Waals surface area contributed by atoms with Crippen LogP contribution in [0.25, 0.3) is 0 Å². The summed E-state index contributed by atoms with van der Waals surface area (Å²) in [7, 11) is 1.69. The molecule has 0 bridgehead atoms. The standard InChI is InChI=1S/C16H22N4O3/c1-12-14(18-11-23-12)16(21)20-6-3-4-13(10-20)15-17-5-7-19(15)8-9-22-2/h5,7,11,13H,3-4,6,8-10H2,1-2H3/t13-/m0/s1. The second kappa shape index (κ2) is 6.95. The Hall–Kier alpha value is -2.15.